The van der Waals surface area contributed by atoms with Crippen LogP contribution in [0.4, 0.5) is 0 Å². The van der Waals surface area contributed by atoms with Gasteiger partial charge in [0.15, 0.2) is 17.6 Å². The summed E-state index contributed by atoms with van der Waals surface area (Å²) >= 11 is 0. The number of methoxy groups -OCH3 is 1. The highest BCUT2D eigenvalue weighted by Gasteiger charge is 2.23. The maximum absolute atomic E-state index is 12.6. The lowest BCUT2D eigenvalue weighted by atomic mass is 10.0. The molecule has 0 unspecified atom stereocenters. The summed E-state index contributed by atoms with van der Waals surface area (Å²) in [6, 6.07) is 14.4. The number of nitrogens with one attached hydrogen (secondary N) is 1. The third-order valence-corrected chi connectivity index (χ3v) is 4.45. The molecule has 0 heterocycles. The van der Waals surface area contributed by atoms with Crippen LogP contribution in [0.15, 0.2) is 48.5 Å². The number of amides is 1. The zero-order valence-corrected chi connectivity index (χ0v) is 17.4. The van der Waals surface area contributed by atoms with E-state index >= 15 is 0 Å². The predicted molar refractivity (Wildman–Crippen MR) is 111 cm³/mol. The van der Waals surface area contributed by atoms with E-state index in [4.69, 9.17) is 14.2 Å². The second kappa shape index (κ2) is 11.1. The lowest BCUT2D eigenvalue weighted by Crippen LogP contribution is -2.38. The van der Waals surface area contributed by atoms with E-state index in [0.717, 1.165) is 18.4 Å². The van der Waals surface area contributed by atoms with Gasteiger partial charge in [0.25, 0.3) is 5.91 Å². The molecule has 1 N–H and O–H groups in total. The zero-order valence-electron chi connectivity index (χ0n) is 17.4. The number of hydrogen-bond donors (Lipinski definition) is 1. The van der Waals surface area contributed by atoms with Crippen LogP contribution in [0.5, 0.6) is 11.5 Å². The van der Waals surface area contributed by atoms with Gasteiger partial charge in [0, 0.05) is 0 Å². The van der Waals surface area contributed by atoms with E-state index in [1.54, 1.807) is 25.1 Å². The lowest BCUT2D eigenvalue weighted by molar-refractivity contribution is -0.129. The Morgan fingerprint density at radius 1 is 1.03 bits per heavy atom. The molecule has 156 valence electrons. The third kappa shape index (κ3) is 6.24. The second-order valence-corrected chi connectivity index (χ2v) is 6.61. The fraction of sp³-hybridized carbons (Fsp3) is 0.391. The van der Waals surface area contributed by atoms with E-state index in [2.05, 4.69) is 12.2 Å². The van der Waals surface area contributed by atoms with Gasteiger partial charge in [-0.15, -0.1) is 0 Å². The predicted octanol–water partition coefficient (Wildman–Crippen LogP) is 4.30. The van der Waals surface area contributed by atoms with Crippen molar-refractivity contribution in [3.63, 3.8) is 0 Å². The Kier molecular flexibility index (Phi) is 8.52. The molecule has 6 nitrogen and oxygen atoms in total. The highest BCUT2D eigenvalue weighted by atomic mass is 16.5. The summed E-state index contributed by atoms with van der Waals surface area (Å²) in [6.45, 7) is 5.90. The first kappa shape index (κ1) is 22.3. The van der Waals surface area contributed by atoms with Gasteiger partial charge in [0.1, 0.15) is 0 Å². The Labute approximate surface area is 172 Å². The minimum atomic E-state index is -0.928. The number of rotatable bonds is 10. The molecule has 2 aromatic carbocycles. The van der Waals surface area contributed by atoms with Crippen molar-refractivity contribution >= 4 is 11.9 Å². The topological polar surface area (TPSA) is 73.9 Å². The molecule has 0 aliphatic carbocycles. The number of hydrogen-bond acceptors (Lipinski definition) is 5. The van der Waals surface area contributed by atoms with E-state index in [9.17, 15) is 9.59 Å². The maximum atomic E-state index is 12.6. The number of carbonyl (C=O) groups is 2. The van der Waals surface area contributed by atoms with Gasteiger partial charge in [-0.05, 0) is 44.0 Å². The highest BCUT2D eigenvalue weighted by molar-refractivity contribution is 5.93. The first-order chi connectivity index (χ1) is 14.0. The molecular formula is C23H29NO5. The average Bonchev–Trinajstić information content (AvgIpc) is 2.74. The molecule has 0 aliphatic rings. The van der Waals surface area contributed by atoms with Gasteiger partial charge in [-0.1, -0.05) is 43.7 Å². The number of carbonyl (C=O) groups excluding carboxylic acids is 2. The van der Waals surface area contributed by atoms with Gasteiger partial charge in [-0.2, -0.15) is 0 Å². The van der Waals surface area contributed by atoms with Crippen molar-refractivity contribution in [3.8, 4) is 11.5 Å². The molecule has 2 aromatic rings. The van der Waals surface area contributed by atoms with Gasteiger partial charge >= 0.3 is 5.97 Å². The molecule has 0 aliphatic heterocycles. The molecule has 0 fully saturated rings. The summed E-state index contributed by atoms with van der Waals surface area (Å²) in [6.07, 6.45) is 0.787. The van der Waals surface area contributed by atoms with E-state index in [0.29, 0.717) is 23.7 Å². The van der Waals surface area contributed by atoms with Crippen LogP contribution in [-0.4, -0.2) is 31.7 Å². The quantitative estimate of drug-likeness (QED) is 0.603. The molecule has 0 saturated carbocycles. The molecule has 0 radical (unpaired) electrons. The third-order valence-electron chi connectivity index (χ3n) is 4.45. The molecule has 0 bridgehead atoms. The Hall–Kier alpha value is -3.02. The van der Waals surface area contributed by atoms with Gasteiger partial charge in [0.2, 0.25) is 0 Å². The SMILES string of the molecule is CCC[C@H](NC(=O)[C@@H](C)OC(=O)c1ccc(OC)c(OCC)c1)c1ccccc1. The fourth-order valence-electron chi connectivity index (χ4n) is 2.94. The summed E-state index contributed by atoms with van der Waals surface area (Å²) < 4.78 is 16.1. The molecule has 0 aromatic heterocycles. The average molecular weight is 399 g/mol. The number of benzene rings is 2. The summed E-state index contributed by atoms with van der Waals surface area (Å²) in [4.78, 5) is 25.1. The van der Waals surface area contributed by atoms with Crippen molar-refractivity contribution in [2.75, 3.05) is 13.7 Å². The normalized spacial score (nSPS) is 12.6. The second-order valence-electron chi connectivity index (χ2n) is 6.61. The van der Waals surface area contributed by atoms with Crippen molar-refractivity contribution in [3.05, 3.63) is 59.7 Å². The van der Waals surface area contributed by atoms with E-state index in [1.807, 2.05) is 37.3 Å². The van der Waals surface area contributed by atoms with Gasteiger partial charge in [-0.3, -0.25) is 4.79 Å². The first-order valence-electron chi connectivity index (χ1n) is 9.87. The van der Waals surface area contributed by atoms with Crippen LogP contribution in [0.3, 0.4) is 0 Å². The van der Waals surface area contributed by atoms with E-state index in [1.165, 1.54) is 7.11 Å². The van der Waals surface area contributed by atoms with Gasteiger partial charge in [-0.25, -0.2) is 4.79 Å². The summed E-state index contributed by atoms with van der Waals surface area (Å²) in [5, 5.41) is 2.98. The Balaban J connectivity index is 2.04. The van der Waals surface area contributed by atoms with Crippen LogP contribution in [0.1, 0.15) is 55.6 Å². The molecule has 29 heavy (non-hydrogen) atoms. The van der Waals surface area contributed by atoms with Crippen molar-refractivity contribution < 1.29 is 23.8 Å². The molecule has 2 atom stereocenters. The summed E-state index contributed by atoms with van der Waals surface area (Å²) in [5.74, 6) is 0.0512. The zero-order chi connectivity index (χ0) is 21.2. The summed E-state index contributed by atoms with van der Waals surface area (Å²) in [5.41, 5.74) is 1.32. The van der Waals surface area contributed by atoms with E-state index < -0.39 is 12.1 Å². The van der Waals surface area contributed by atoms with Gasteiger partial charge < -0.3 is 19.5 Å². The van der Waals surface area contributed by atoms with E-state index in [-0.39, 0.29) is 11.9 Å². The molecular weight excluding hydrogens is 370 g/mol. The fourth-order valence-corrected chi connectivity index (χ4v) is 2.94. The van der Waals surface area contributed by atoms with Crippen LogP contribution in [0, 0.1) is 0 Å². The van der Waals surface area contributed by atoms with Crippen LogP contribution in [0.25, 0.3) is 0 Å². The highest BCUT2D eigenvalue weighted by Crippen LogP contribution is 2.28. The molecule has 1 amide bonds. The molecule has 2 rings (SSSR count). The van der Waals surface area contributed by atoms with Crippen molar-refractivity contribution in [1.29, 1.82) is 0 Å². The van der Waals surface area contributed by atoms with Crippen LogP contribution < -0.4 is 14.8 Å². The first-order valence-corrected chi connectivity index (χ1v) is 9.87. The van der Waals surface area contributed by atoms with Crippen molar-refractivity contribution in [1.82, 2.24) is 5.32 Å². The summed E-state index contributed by atoms with van der Waals surface area (Å²) in [7, 11) is 1.53. The molecule has 0 saturated heterocycles. The maximum Gasteiger partial charge on any atom is 0.339 e. The lowest BCUT2D eigenvalue weighted by Gasteiger charge is -2.21. The Morgan fingerprint density at radius 2 is 1.76 bits per heavy atom. The smallest absolute Gasteiger partial charge is 0.339 e. The molecule has 0 spiro atoms. The van der Waals surface area contributed by atoms with Crippen LogP contribution >= 0.6 is 0 Å². The largest absolute Gasteiger partial charge is 0.493 e. The minimum absolute atomic E-state index is 0.125. The van der Waals surface area contributed by atoms with Crippen molar-refractivity contribution in [2.24, 2.45) is 0 Å². The standard InChI is InChI=1S/C23H29NO5/c1-5-10-19(17-11-8-7-9-12-17)24-22(25)16(3)29-23(26)18-13-14-20(27-4)21(15-18)28-6-2/h7-9,11-16,19H,5-6,10H2,1-4H3,(H,24,25)/t16-,19+/m1/s1. The number of ether oxygens (including phenoxy) is 3. The van der Waals surface area contributed by atoms with Crippen molar-refractivity contribution in [2.45, 2.75) is 45.8 Å². The molecule has 6 heteroatoms. The Bertz CT molecular complexity index is 806. The monoisotopic (exact) mass is 399 g/mol. The van der Waals surface area contributed by atoms with Crippen LogP contribution in [-0.2, 0) is 9.53 Å². The van der Waals surface area contributed by atoms with Crippen LogP contribution in [0.2, 0.25) is 0 Å². The minimum Gasteiger partial charge on any atom is -0.493 e. The van der Waals surface area contributed by atoms with Gasteiger partial charge in [0.05, 0.1) is 25.3 Å². The number of esters is 1. The Morgan fingerprint density at radius 3 is 2.38 bits per heavy atom.